The van der Waals surface area contributed by atoms with Crippen molar-refractivity contribution in [2.75, 3.05) is 13.6 Å². The maximum Gasteiger partial charge on any atom is 0.356 e. The number of nitrogens with zero attached hydrogens (tertiary/aromatic N) is 2. The number of aromatic nitrogens is 2. The molecule has 0 aliphatic rings. The summed E-state index contributed by atoms with van der Waals surface area (Å²) in [6.45, 7) is 2.71. The summed E-state index contributed by atoms with van der Waals surface area (Å²) in [4.78, 5) is 15.3. The van der Waals surface area contributed by atoms with Crippen molar-refractivity contribution in [3.63, 3.8) is 0 Å². The van der Waals surface area contributed by atoms with E-state index >= 15 is 0 Å². The van der Waals surface area contributed by atoms with Crippen molar-refractivity contribution in [2.45, 2.75) is 13.3 Å². The van der Waals surface area contributed by atoms with Gasteiger partial charge in [0.1, 0.15) is 5.82 Å². The zero-order chi connectivity index (χ0) is 12.4. The molecule has 0 saturated heterocycles. The van der Waals surface area contributed by atoms with Crippen LogP contribution in [0.25, 0.3) is 5.52 Å². The molecule has 0 unspecified atom stereocenters. The van der Waals surface area contributed by atoms with Crippen molar-refractivity contribution in [1.29, 1.82) is 0 Å². The molecular weight excluding hydrogens is 218 g/mol. The number of likely N-dealkylation sites (N-methyl/N-ethyl adjacent to an activating group) is 1. The average molecular weight is 233 g/mol. The summed E-state index contributed by atoms with van der Waals surface area (Å²) in [5.74, 6) is -0.212. The molecule has 0 aromatic carbocycles. The minimum absolute atomic E-state index is 0.125. The number of pyridine rings is 1. The predicted molar refractivity (Wildman–Crippen MR) is 64.5 cm³/mol. The van der Waals surface area contributed by atoms with Crippen LogP contribution in [0, 0.1) is 6.92 Å². The summed E-state index contributed by atoms with van der Waals surface area (Å²) in [5, 5.41) is 12.2. The van der Waals surface area contributed by atoms with E-state index in [1.54, 1.807) is 0 Å². The van der Waals surface area contributed by atoms with Crippen molar-refractivity contribution >= 4 is 11.5 Å². The van der Waals surface area contributed by atoms with E-state index in [-0.39, 0.29) is 5.69 Å². The molecule has 0 radical (unpaired) electrons. The van der Waals surface area contributed by atoms with E-state index in [1.807, 2.05) is 36.7 Å². The lowest BCUT2D eigenvalue weighted by Gasteiger charge is -2.01. The molecule has 2 aromatic heterocycles. The number of hydrogen-bond donors (Lipinski definition) is 2. The van der Waals surface area contributed by atoms with Gasteiger partial charge < -0.3 is 14.8 Å². The fourth-order valence-electron chi connectivity index (χ4n) is 1.82. The second kappa shape index (κ2) is 4.55. The van der Waals surface area contributed by atoms with Crippen LogP contribution in [0.3, 0.4) is 0 Å². The molecule has 2 rings (SSSR count). The molecule has 90 valence electrons. The third-order valence-electron chi connectivity index (χ3n) is 2.67. The number of aryl methyl sites for hydroxylation is 1. The second-order valence-electron chi connectivity index (χ2n) is 3.99. The van der Waals surface area contributed by atoms with E-state index in [0.29, 0.717) is 11.9 Å². The van der Waals surface area contributed by atoms with Crippen LogP contribution in [-0.4, -0.2) is 34.1 Å². The van der Waals surface area contributed by atoms with Gasteiger partial charge in [-0.25, -0.2) is 9.78 Å². The van der Waals surface area contributed by atoms with E-state index < -0.39 is 5.97 Å². The third-order valence-corrected chi connectivity index (χ3v) is 2.67. The molecule has 0 amide bonds. The van der Waals surface area contributed by atoms with Crippen LogP contribution in [0.1, 0.15) is 21.9 Å². The second-order valence-corrected chi connectivity index (χ2v) is 3.99. The van der Waals surface area contributed by atoms with Crippen molar-refractivity contribution in [3.05, 3.63) is 35.4 Å². The molecule has 2 heterocycles. The fourth-order valence-corrected chi connectivity index (χ4v) is 1.82. The largest absolute Gasteiger partial charge is 0.476 e. The van der Waals surface area contributed by atoms with Gasteiger partial charge >= 0.3 is 5.97 Å². The molecule has 0 aliphatic carbocycles. The molecule has 17 heavy (non-hydrogen) atoms. The quantitative estimate of drug-likeness (QED) is 0.830. The lowest BCUT2D eigenvalue weighted by atomic mass is 10.2. The molecule has 0 bridgehead atoms. The van der Waals surface area contributed by atoms with E-state index in [1.165, 1.54) is 0 Å². The molecule has 0 fully saturated rings. The summed E-state index contributed by atoms with van der Waals surface area (Å²) in [6, 6.07) is 3.79. The number of hydrogen-bond acceptors (Lipinski definition) is 3. The standard InChI is InChI=1S/C12H15N3O2/c1-8-4-6-15-9(7-8)11(12(16)17)14-10(15)3-5-13-2/h4,6-7,13H,3,5H2,1-2H3,(H,16,17). The number of imidazole rings is 1. The van der Waals surface area contributed by atoms with Gasteiger partial charge in [0.15, 0.2) is 5.69 Å². The minimum atomic E-state index is -0.983. The lowest BCUT2D eigenvalue weighted by molar-refractivity contribution is 0.0693. The molecule has 2 N–H and O–H groups in total. The molecular formula is C12H15N3O2. The van der Waals surface area contributed by atoms with Crippen molar-refractivity contribution < 1.29 is 9.90 Å². The zero-order valence-corrected chi connectivity index (χ0v) is 9.90. The first kappa shape index (κ1) is 11.6. The normalized spacial score (nSPS) is 10.9. The highest BCUT2D eigenvalue weighted by Crippen LogP contribution is 2.15. The molecule has 5 nitrogen and oxygen atoms in total. The number of nitrogens with one attached hydrogen (secondary N) is 1. The van der Waals surface area contributed by atoms with Crippen LogP contribution < -0.4 is 5.32 Å². The Kier molecular flexibility index (Phi) is 3.10. The van der Waals surface area contributed by atoms with Gasteiger partial charge in [0.2, 0.25) is 0 Å². The number of aromatic carboxylic acids is 1. The van der Waals surface area contributed by atoms with Gasteiger partial charge in [-0.15, -0.1) is 0 Å². The highest BCUT2D eigenvalue weighted by Gasteiger charge is 2.16. The van der Waals surface area contributed by atoms with Crippen molar-refractivity contribution in [1.82, 2.24) is 14.7 Å². The highest BCUT2D eigenvalue weighted by molar-refractivity contribution is 5.93. The van der Waals surface area contributed by atoms with E-state index in [0.717, 1.165) is 17.9 Å². The Balaban J connectivity index is 2.58. The maximum absolute atomic E-state index is 11.1. The Labute approximate surface area is 99.1 Å². The number of carboxylic acids is 1. The smallest absolute Gasteiger partial charge is 0.356 e. The van der Waals surface area contributed by atoms with Gasteiger partial charge in [-0.1, -0.05) is 0 Å². The Bertz CT molecular complexity index is 560. The fraction of sp³-hybridized carbons (Fsp3) is 0.333. The monoisotopic (exact) mass is 233 g/mol. The van der Waals surface area contributed by atoms with Crippen LogP contribution in [0.5, 0.6) is 0 Å². The van der Waals surface area contributed by atoms with Crippen LogP contribution in [-0.2, 0) is 6.42 Å². The Hall–Kier alpha value is -1.88. The molecule has 0 spiro atoms. The summed E-state index contributed by atoms with van der Waals surface area (Å²) < 4.78 is 1.84. The van der Waals surface area contributed by atoms with Crippen molar-refractivity contribution in [3.8, 4) is 0 Å². The van der Waals surface area contributed by atoms with Gasteiger partial charge in [-0.2, -0.15) is 0 Å². The van der Waals surface area contributed by atoms with E-state index in [9.17, 15) is 4.79 Å². The molecule has 2 aromatic rings. The van der Waals surface area contributed by atoms with Gasteiger partial charge in [-0.05, 0) is 31.7 Å². The number of carboxylic acid groups (broad SMARTS) is 1. The van der Waals surface area contributed by atoms with Crippen LogP contribution in [0.2, 0.25) is 0 Å². The van der Waals surface area contributed by atoms with Gasteiger partial charge in [0.25, 0.3) is 0 Å². The molecule has 0 aliphatic heterocycles. The first-order chi connectivity index (χ1) is 8.13. The number of fused-ring (bicyclic) bond motifs is 1. The Morgan fingerprint density at radius 1 is 1.59 bits per heavy atom. The van der Waals surface area contributed by atoms with Gasteiger partial charge in [0, 0.05) is 19.2 Å². The summed E-state index contributed by atoms with van der Waals surface area (Å²) in [7, 11) is 1.86. The van der Waals surface area contributed by atoms with E-state index in [4.69, 9.17) is 5.11 Å². The SMILES string of the molecule is CNCCc1nc(C(=O)O)c2cc(C)ccn12. The predicted octanol–water partition coefficient (Wildman–Crippen LogP) is 1.10. The van der Waals surface area contributed by atoms with Crippen LogP contribution in [0.4, 0.5) is 0 Å². The molecule has 5 heteroatoms. The summed E-state index contributed by atoms with van der Waals surface area (Å²) in [5.41, 5.74) is 1.81. The molecule has 0 saturated carbocycles. The highest BCUT2D eigenvalue weighted by atomic mass is 16.4. The van der Waals surface area contributed by atoms with Gasteiger partial charge in [0.05, 0.1) is 5.52 Å². The Morgan fingerprint density at radius 2 is 2.35 bits per heavy atom. The van der Waals surface area contributed by atoms with Crippen LogP contribution in [0.15, 0.2) is 18.3 Å². The van der Waals surface area contributed by atoms with Crippen molar-refractivity contribution in [2.24, 2.45) is 0 Å². The average Bonchev–Trinajstić information content (AvgIpc) is 2.64. The summed E-state index contributed by atoms with van der Waals surface area (Å²) in [6.07, 6.45) is 2.57. The number of rotatable bonds is 4. The molecule has 0 atom stereocenters. The zero-order valence-electron chi connectivity index (χ0n) is 9.90. The summed E-state index contributed by atoms with van der Waals surface area (Å²) >= 11 is 0. The first-order valence-corrected chi connectivity index (χ1v) is 5.49. The topological polar surface area (TPSA) is 66.6 Å². The van der Waals surface area contributed by atoms with E-state index in [2.05, 4.69) is 10.3 Å². The lowest BCUT2D eigenvalue weighted by Crippen LogP contribution is -2.12. The Morgan fingerprint density at radius 3 is 3.00 bits per heavy atom. The third kappa shape index (κ3) is 2.14. The first-order valence-electron chi connectivity index (χ1n) is 5.49. The van der Waals surface area contributed by atoms with Crippen LogP contribution >= 0.6 is 0 Å². The van der Waals surface area contributed by atoms with Gasteiger partial charge in [-0.3, -0.25) is 0 Å². The number of carbonyl (C=O) groups is 1. The maximum atomic E-state index is 11.1. The minimum Gasteiger partial charge on any atom is -0.476 e.